The summed E-state index contributed by atoms with van der Waals surface area (Å²) in [7, 11) is 0. The maximum Gasteiger partial charge on any atom is 0.339 e. The zero-order valence-electron chi connectivity index (χ0n) is 19.1. The number of piperidine rings is 1. The molecule has 1 saturated carbocycles. The minimum absolute atomic E-state index is 0.0518. The van der Waals surface area contributed by atoms with Crippen molar-refractivity contribution >= 4 is 16.9 Å². The van der Waals surface area contributed by atoms with E-state index in [1.165, 1.54) is 0 Å². The lowest BCUT2D eigenvalue weighted by Crippen LogP contribution is -2.56. The fourth-order valence-corrected chi connectivity index (χ4v) is 6.02. The van der Waals surface area contributed by atoms with Crippen molar-refractivity contribution in [1.29, 1.82) is 0 Å². The van der Waals surface area contributed by atoms with Gasteiger partial charge < -0.3 is 19.2 Å². The third-order valence-electron chi connectivity index (χ3n) is 7.98. The minimum atomic E-state index is -0.648. The summed E-state index contributed by atoms with van der Waals surface area (Å²) in [5, 5.41) is 11.9. The first kappa shape index (κ1) is 21.5. The Hall–Kier alpha value is -2.34. The molecule has 0 spiro atoms. The van der Waals surface area contributed by atoms with Crippen LogP contribution in [-0.2, 0) is 17.6 Å². The predicted molar refractivity (Wildman–Crippen MR) is 122 cm³/mol. The number of carbonyl (C=O) groups is 1. The lowest BCUT2D eigenvalue weighted by Gasteiger charge is -2.47. The lowest BCUT2D eigenvalue weighted by atomic mass is 9.71. The number of rotatable bonds is 3. The third kappa shape index (κ3) is 3.62. The van der Waals surface area contributed by atoms with E-state index in [1.807, 2.05) is 24.0 Å². The quantitative estimate of drug-likeness (QED) is 0.734. The highest BCUT2D eigenvalue weighted by molar-refractivity contribution is 5.86. The van der Waals surface area contributed by atoms with Crippen molar-refractivity contribution in [2.45, 2.75) is 83.3 Å². The normalized spacial score (nSPS) is 26.3. The van der Waals surface area contributed by atoms with Crippen LogP contribution in [0.5, 0.6) is 5.75 Å². The Bertz CT molecular complexity index is 1110. The van der Waals surface area contributed by atoms with Crippen LogP contribution in [0.15, 0.2) is 21.3 Å². The highest BCUT2D eigenvalue weighted by atomic mass is 16.5. The molecular weight excluding hydrogens is 406 g/mol. The first-order valence-electron chi connectivity index (χ1n) is 12.1. The summed E-state index contributed by atoms with van der Waals surface area (Å²) in [5.74, 6) is 0.677. The molecule has 0 radical (unpaired) electrons. The molecule has 6 nitrogen and oxygen atoms in total. The lowest BCUT2D eigenvalue weighted by molar-refractivity contribution is -0.149. The molecule has 1 aromatic carbocycles. The van der Waals surface area contributed by atoms with E-state index in [1.54, 1.807) is 6.92 Å². The molecule has 1 N–H and O–H groups in total. The Balaban J connectivity index is 1.35. The van der Waals surface area contributed by atoms with Gasteiger partial charge in [-0.1, -0.05) is 12.8 Å². The van der Waals surface area contributed by atoms with Gasteiger partial charge in [-0.25, -0.2) is 4.79 Å². The first-order chi connectivity index (χ1) is 15.4. The molecule has 6 heteroatoms. The fraction of sp³-hybridized carbons (Fsp3) is 0.615. The molecule has 2 fully saturated rings. The Kier molecular flexibility index (Phi) is 5.52. The van der Waals surface area contributed by atoms with Gasteiger partial charge in [-0.3, -0.25) is 4.79 Å². The van der Waals surface area contributed by atoms with E-state index in [2.05, 4.69) is 0 Å². The Morgan fingerprint density at radius 3 is 2.78 bits per heavy atom. The molecule has 3 aliphatic rings. The number of carbonyl (C=O) groups excluding carboxylic acids is 1. The second kappa shape index (κ2) is 8.22. The molecule has 1 aromatic heterocycles. The fourth-order valence-electron chi connectivity index (χ4n) is 6.02. The summed E-state index contributed by atoms with van der Waals surface area (Å²) in [5.41, 5.74) is 2.39. The summed E-state index contributed by atoms with van der Waals surface area (Å²) >= 11 is 0. The molecule has 2 aliphatic carbocycles. The van der Waals surface area contributed by atoms with E-state index >= 15 is 0 Å². The number of likely N-dealkylation sites (tertiary alicyclic amines) is 1. The van der Waals surface area contributed by atoms with Crippen LogP contribution in [0.2, 0.25) is 0 Å². The van der Waals surface area contributed by atoms with E-state index in [0.717, 1.165) is 73.4 Å². The highest BCUT2D eigenvalue weighted by Gasteiger charge is 2.44. The largest absolute Gasteiger partial charge is 0.480 e. The van der Waals surface area contributed by atoms with Gasteiger partial charge in [0.2, 0.25) is 0 Å². The molecule has 0 bridgehead atoms. The number of fused-ring (bicyclic) bond motifs is 4. The van der Waals surface area contributed by atoms with Crippen molar-refractivity contribution in [3.05, 3.63) is 39.2 Å². The van der Waals surface area contributed by atoms with Gasteiger partial charge in [-0.05, 0) is 76.5 Å². The molecule has 3 atom stereocenters. The van der Waals surface area contributed by atoms with E-state index in [9.17, 15) is 14.7 Å². The number of hydrogen-bond donors (Lipinski definition) is 1. The van der Waals surface area contributed by atoms with Gasteiger partial charge in [-0.15, -0.1) is 0 Å². The minimum Gasteiger partial charge on any atom is -0.480 e. The number of benzene rings is 1. The van der Waals surface area contributed by atoms with E-state index in [4.69, 9.17) is 9.15 Å². The average molecular weight is 440 g/mol. The molecule has 0 unspecified atom stereocenters. The van der Waals surface area contributed by atoms with Crippen molar-refractivity contribution < 1.29 is 19.1 Å². The molecule has 172 valence electrons. The van der Waals surface area contributed by atoms with Gasteiger partial charge in [0.15, 0.2) is 6.10 Å². The van der Waals surface area contributed by atoms with Gasteiger partial charge in [0.25, 0.3) is 5.91 Å². The Morgan fingerprint density at radius 2 is 1.97 bits per heavy atom. The molecule has 5 rings (SSSR count). The second-order valence-corrected chi connectivity index (χ2v) is 9.96. The van der Waals surface area contributed by atoms with Crippen LogP contribution in [0.4, 0.5) is 0 Å². The molecule has 32 heavy (non-hydrogen) atoms. The highest BCUT2D eigenvalue weighted by Crippen LogP contribution is 2.40. The summed E-state index contributed by atoms with van der Waals surface area (Å²) < 4.78 is 11.8. The number of aryl methyl sites for hydroxylation is 2. The van der Waals surface area contributed by atoms with Crippen LogP contribution in [-0.4, -0.2) is 40.7 Å². The van der Waals surface area contributed by atoms with E-state index in [0.29, 0.717) is 30.8 Å². The SMILES string of the molecule is Cc1c(O[C@H](C)C(=O)N2CC[C@]3(O)CCCC[C@H]3C2)ccc2c3c(c(=O)oc12)CCCC3. The standard InChI is InChI=1S/C26H33NO5/c1-16-22(11-10-20-19-8-3-4-9-21(19)25(29)32-23(16)20)31-17(2)24(28)27-14-13-26(30)12-6-5-7-18(26)15-27/h10-11,17-18,30H,3-9,12-15H2,1-2H3/t17-,18+,26-/m1/s1. The Labute approximate surface area is 188 Å². The van der Waals surface area contributed by atoms with Gasteiger partial charge >= 0.3 is 5.63 Å². The van der Waals surface area contributed by atoms with E-state index < -0.39 is 11.7 Å². The van der Waals surface area contributed by atoms with Crippen molar-refractivity contribution in [2.24, 2.45) is 5.92 Å². The molecule has 1 aliphatic heterocycles. The van der Waals surface area contributed by atoms with Gasteiger partial charge in [-0.2, -0.15) is 0 Å². The summed E-state index contributed by atoms with van der Waals surface area (Å²) in [4.78, 5) is 27.5. The molecular formula is C26H33NO5. The van der Waals surface area contributed by atoms with Crippen LogP contribution >= 0.6 is 0 Å². The van der Waals surface area contributed by atoms with Crippen LogP contribution in [0.3, 0.4) is 0 Å². The number of aliphatic hydroxyl groups is 1. The third-order valence-corrected chi connectivity index (χ3v) is 7.98. The average Bonchev–Trinajstić information content (AvgIpc) is 2.80. The molecule has 1 saturated heterocycles. The van der Waals surface area contributed by atoms with Crippen molar-refractivity contribution in [2.75, 3.05) is 13.1 Å². The monoisotopic (exact) mass is 439 g/mol. The van der Waals surface area contributed by atoms with Crippen molar-refractivity contribution in [3.63, 3.8) is 0 Å². The second-order valence-electron chi connectivity index (χ2n) is 9.96. The molecule has 2 heterocycles. The smallest absolute Gasteiger partial charge is 0.339 e. The Morgan fingerprint density at radius 1 is 1.19 bits per heavy atom. The number of amides is 1. The van der Waals surface area contributed by atoms with Gasteiger partial charge in [0.1, 0.15) is 11.3 Å². The number of ether oxygens (including phenoxy) is 1. The first-order valence-corrected chi connectivity index (χ1v) is 12.1. The molecule has 2 aromatic rings. The topological polar surface area (TPSA) is 80.0 Å². The summed E-state index contributed by atoms with van der Waals surface area (Å²) in [6.45, 7) is 4.82. The van der Waals surface area contributed by atoms with Crippen LogP contribution in [0, 0.1) is 12.8 Å². The zero-order valence-corrected chi connectivity index (χ0v) is 19.1. The van der Waals surface area contributed by atoms with Crippen LogP contribution in [0.1, 0.15) is 68.6 Å². The molecule has 1 amide bonds. The van der Waals surface area contributed by atoms with Crippen molar-refractivity contribution in [3.8, 4) is 5.75 Å². The zero-order chi connectivity index (χ0) is 22.5. The summed E-state index contributed by atoms with van der Waals surface area (Å²) in [6.07, 6.45) is 7.79. The maximum absolute atomic E-state index is 13.1. The maximum atomic E-state index is 13.1. The van der Waals surface area contributed by atoms with Crippen LogP contribution in [0.25, 0.3) is 11.0 Å². The predicted octanol–water partition coefficient (Wildman–Crippen LogP) is 3.90. The van der Waals surface area contributed by atoms with Crippen molar-refractivity contribution in [1.82, 2.24) is 4.90 Å². The summed E-state index contributed by atoms with van der Waals surface area (Å²) in [6, 6.07) is 3.86. The van der Waals surface area contributed by atoms with E-state index in [-0.39, 0.29) is 17.5 Å². The van der Waals surface area contributed by atoms with Gasteiger partial charge in [0, 0.05) is 35.5 Å². The number of nitrogens with zero attached hydrogens (tertiary/aromatic N) is 1. The van der Waals surface area contributed by atoms with Crippen LogP contribution < -0.4 is 10.4 Å². The van der Waals surface area contributed by atoms with Gasteiger partial charge in [0.05, 0.1) is 5.60 Å². The number of hydrogen-bond acceptors (Lipinski definition) is 5.